The monoisotopic (exact) mass is 445 g/mol. The number of carbonyl (C=O) groups excluding carboxylic acids is 1. The van der Waals surface area contributed by atoms with Crippen molar-refractivity contribution in [2.24, 2.45) is 18.9 Å². The van der Waals surface area contributed by atoms with E-state index in [0.717, 1.165) is 19.3 Å². The van der Waals surface area contributed by atoms with Crippen molar-refractivity contribution in [2.75, 3.05) is 20.2 Å². The van der Waals surface area contributed by atoms with E-state index in [0.29, 0.717) is 48.1 Å². The van der Waals surface area contributed by atoms with Crippen LogP contribution in [-0.2, 0) is 23.2 Å². The Hall–Kier alpha value is -3.17. The lowest BCUT2D eigenvalue weighted by molar-refractivity contribution is -0.148. The summed E-state index contributed by atoms with van der Waals surface area (Å²) in [6.07, 6.45) is 3.08. The van der Waals surface area contributed by atoms with Gasteiger partial charge < -0.3 is 19.5 Å². The SMILES string of the molecule is CCCCN(C)C(=O)OCc1c(-c2ccc(OC[C@@H]3CC[C@H]3C(=O)O)c(C)n2)nnn1C. The van der Waals surface area contributed by atoms with E-state index in [1.54, 1.807) is 35.8 Å². The molecule has 10 nitrogen and oxygen atoms in total. The van der Waals surface area contributed by atoms with Crippen LogP contribution in [0.4, 0.5) is 4.79 Å². The Labute approximate surface area is 187 Å². The molecule has 0 bridgehead atoms. The van der Waals surface area contributed by atoms with Crippen molar-refractivity contribution in [3.63, 3.8) is 0 Å². The Bertz CT molecular complexity index is 960. The number of unbranched alkanes of at least 4 members (excludes halogenated alkanes) is 1. The number of pyridine rings is 1. The van der Waals surface area contributed by atoms with Gasteiger partial charge in [-0.25, -0.2) is 14.5 Å². The fraction of sp³-hybridized carbons (Fsp3) is 0.591. The summed E-state index contributed by atoms with van der Waals surface area (Å²) in [5.74, 6) is -0.446. The van der Waals surface area contributed by atoms with Crippen molar-refractivity contribution >= 4 is 12.1 Å². The third kappa shape index (κ3) is 5.35. The van der Waals surface area contributed by atoms with Crippen LogP contribution in [-0.4, -0.2) is 62.2 Å². The van der Waals surface area contributed by atoms with E-state index in [1.165, 1.54) is 0 Å². The van der Waals surface area contributed by atoms with Crippen LogP contribution >= 0.6 is 0 Å². The molecule has 32 heavy (non-hydrogen) atoms. The fourth-order valence-corrected chi connectivity index (χ4v) is 3.59. The van der Waals surface area contributed by atoms with Crippen molar-refractivity contribution in [1.29, 1.82) is 0 Å². The molecule has 0 aliphatic heterocycles. The van der Waals surface area contributed by atoms with Crippen LogP contribution in [0.25, 0.3) is 11.4 Å². The van der Waals surface area contributed by atoms with Crippen LogP contribution in [0.15, 0.2) is 12.1 Å². The normalized spacial score (nSPS) is 17.5. The van der Waals surface area contributed by atoms with Crippen LogP contribution in [0.1, 0.15) is 44.0 Å². The van der Waals surface area contributed by atoms with Gasteiger partial charge in [-0.2, -0.15) is 0 Å². The molecule has 0 radical (unpaired) electrons. The average Bonchev–Trinajstić information content (AvgIpc) is 3.10. The summed E-state index contributed by atoms with van der Waals surface area (Å²) < 4.78 is 12.9. The minimum atomic E-state index is -0.762. The fourth-order valence-electron chi connectivity index (χ4n) is 3.59. The largest absolute Gasteiger partial charge is 0.491 e. The molecule has 174 valence electrons. The Balaban J connectivity index is 1.65. The number of carboxylic acid groups (broad SMARTS) is 1. The smallest absolute Gasteiger partial charge is 0.409 e. The molecule has 2 aromatic rings. The van der Waals surface area contributed by atoms with Crippen molar-refractivity contribution < 1.29 is 24.2 Å². The molecule has 2 aromatic heterocycles. The van der Waals surface area contributed by atoms with Gasteiger partial charge in [0.25, 0.3) is 0 Å². The highest BCUT2D eigenvalue weighted by atomic mass is 16.6. The molecule has 0 unspecified atom stereocenters. The van der Waals surface area contributed by atoms with Gasteiger partial charge in [-0.1, -0.05) is 18.6 Å². The first-order valence-electron chi connectivity index (χ1n) is 10.9. The van der Waals surface area contributed by atoms with E-state index < -0.39 is 12.1 Å². The first-order chi connectivity index (χ1) is 15.3. The zero-order chi connectivity index (χ0) is 23.3. The lowest BCUT2D eigenvalue weighted by atomic mass is 9.74. The Kier molecular flexibility index (Phi) is 7.66. The third-order valence-electron chi connectivity index (χ3n) is 5.90. The number of carbonyl (C=O) groups is 2. The minimum Gasteiger partial charge on any atom is -0.491 e. The van der Waals surface area contributed by atoms with Crippen LogP contribution in [0.2, 0.25) is 0 Å². The van der Waals surface area contributed by atoms with Gasteiger partial charge in [-0.15, -0.1) is 5.10 Å². The summed E-state index contributed by atoms with van der Waals surface area (Å²) in [4.78, 5) is 29.5. The molecular weight excluding hydrogens is 414 g/mol. The summed E-state index contributed by atoms with van der Waals surface area (Å²) in [6, 6.07) is 3.58. The van der Waals surface area contributed by atoms with E-state index in [2.05, 4.69) is 22.2 Å². The predicted octanol–water partition coefficient (Wildman–Crippen LogP) is 3.04. The molecule has 0 saturated heterocycles. The van der Waals surface area contributed by atoms with Crippen LogP contribution in [0.3, 0.4) is 0 Å². The summed E-state index contributed by atoms with van der Waals surface area (Å²) in [7, 11) is 3.45. The Morgan fingerprint density at radius 2 is 2.09 bits per heavy atom. The number of hydrogen-bond acceptors (Lipinski definition) is 7. The third-order valence-corrected chi connectivity index (χ3v) is 5.90. The molecule has 3 rings (SSSR count). The number of amides is 1. The second kappa shape index (κ2) is 10.4. The first-order valence-corrected chi connectivity index (χ1v) is 10.9. The number of hydrogen-bond donors (Lipinski definition) is 1. The number of aryl methyl sites for hydroxylation is 2. The van der Waals surface area contributed by atoms with Gasteiger partial charge in [0.2, 0.25) is 0 Å². The maximum Gasteiger partial charge on any atom is 0.409 e. The predicted molar refractivity (Wildman–Crippen MR) is 116 cm³/mol. The molecule has 1 amide bonds. The van der Waals surface area contributed by atoms with Gasteiger partial charge in [0.05, 0.1) is 23.9 Å². The minimum absolute atomic E-state index is 0.0308. The van der Waals surface area contributed by atoms with Crippen molar-refractivity contribution in [2.45, 2.75) is 46.1 Å². The van der Waals surface area contributed by atoms with Gasteiger partial charge in [0, 0.05) is 26.6 Å². The summed E-state index contributed by atoms with van der Waals surface area (Å²) in [5, 5.41) is 17.4. The lowest BCUT2D eigenvalue weighted by Gasteiger charge is -2.33. The second-order valence-corrected chi connectivity index (χ2v) is 8.21. The number of aromatic nitrogens is 4. The van der Waals surface area contributed by atoms with E-state index in [1.807, 2.05) is 6.92 Å². The van der Waals surface area contributed by atoms with E-state index in [-0.39, 0.29) is 18.4 Å². The Morgan fingerprint density at radius 3 is 2.72 bits per heavy atom. The van der Waals surface area contributed by atoms with E-state index >= 15 is 0 Å². The van der Waals surface area contributed by atoms with Crippen molar-refractivity contribution in [1.82, 2.24) is 24.9 Å². The number of nitrogens with zero attached hydrogens (tertiary/aromatic N) is 5. The molecule has 1 fully saturated rings. The lowest BCUT2D eigenvalue weighted by Crippen LogP contribution is -2.36. The molecule has 2 heterocycles. The molecule has 10 heteroatoms. The summed E-state index contributed by atoms with van der Waals surface area (Å²) in [6.45, 7) is 4.93. The van der Waals surface area contributed by atoms with Crippen molar-refractivity contribution in [3.05, 3.63) is 23.5 Å². The van der Waals surface area contributed by atoms with Crippen LogP contribution < -0.4 is 4.74 Å². The number of rotatable bonds is 10. The molecule has 2 atom stereocenters. The highest BCUT2D eigenvalue weighted by Crippen LogP contribution is 2.35. The molecule has 1 aliphatic carbocycles. The van der Waals surface area contributed by atoms with Crippen LogP contribution in [0.5, 0.6) is 5.75 Å². The summed E-state index contributed by atoms with van der Waals surface area (Å²) in [5.41, 5.74) is 2.44. The highest BCUT2D eigenvalue weighted by molar-refractivity contribution is 5.71. The van der Waals surface area contributed by atoms with Gasteiger partial charge in [0.1, 0.15) is 23.7 Å². The van der Waals surface area contributed by atoms with Gasteiger partial charge in [-0.05, 0) is 38.3 Å². The molecule has 1 aliphatic rings. The molecule has 1 saturated carbocycles. The van der Waals surface area contributed by atoms with Gasteiger partial charge in [-0.3, -0.25) is 4.79 Å². The zero-order valence-corrected chi connectivity index (χ0v) is 19.1. The number of ether oxygens (including phenoxy) is 2. The van der Waals surface area contributed by atoms with E-state index in [4.69, 9.17) is 9.47 Å². The Morgan fingerprint density at radius 1 is 1.31 bits per heavy atom. The maximum absolute atomic E-state index is 12.2. The van der Waals surface area contributed by atoms with Gasteiger partial charge in [0.15, 0.2) is 0 Å². The summed E-state index contributed by atoms with van der Waals surface area (Å²) >= 11 is 0. The number of aliphatic carboxylic acids is 1. The van der Waals surface area contributed by atoms with Crippen molar-refractivity contribution in [3.8, 4) is 17.1 Å². The van der Waals surface area contributed by atoms with Gasteiger partial charge >= 0.3 is 12.1 Å². The highest BCUT2D eigenvalue weighted by Gasteiger charge is 2.37. The second-order valence-electron chi connectivity index (χ2n) is 8.21. The quantitative estimate of drug-likeness (QED) is 0.593. The molecule has 1 N–H and O–H groups in total. The number of carboxylic acids is 1. The standard InChI is InChI=1S/C22H31N5O5/c1-5-6-11-26(3)22(30)32-13-18-20(24-25-27(18)4)17-9-10-19(14(2)23-17)31-12-15-7-8-16(15)21(28)29/h9-10,15-16H,5-8,11-13H2,1-4H3,(H,28,29)/t15-,16+/m0/s1. The average molecular weight is 446 g/mol. The molecular formula is C22H31N5O5. The van der Waals surface area contributed by atoms with Crippen LogP contribution in [0, 0.1) is 18.8 Å². The van der Waals surface area contributed by atoms with E-state index in [9.17, 15) is 14.7 Å². The first kappa shape index (κ1) is 23.5. The molecule has 0 aromatic carbocycles. The topological polar surface area (TPSA) is 120 Å². The maximum atomic E-state index is 12.2. The molecule has 0 spiro atoms. The zero-order valence-electron chi connectivity index (χ0n) is 19.1.